The number of hydrogen-bond acceptors (Lipinski definition) is 3. The first-order chi connectivity index (χ1) is 8.66. The predicted molar refractivity (Wildman–Crippen MR) is 80.4 cm³/mol. The Labute approximate surface area is 118 Å². The Bertz CT molecular complexity index is 399. The molecule has 1 aromatic carbocycles. The quantitative estimate of drug-likeness (QED) is 0.794. The highest BCUT2D eigenvalue weighted by atomic mass is 32.2. The standard InChI is InChI=1S/C14H19NOS2/c1-11-3-5-13(6-4-11)18-12(2)14(16)15-7-9-17-10-8-15/h3-6,12H,7-10H2,1-2H3. The van der Waals surface area contributed by atoms with Gasteiger partial charge in [0.25, 0.3) is 0 Å². The number of nitrogens with zero attached hydrogens (tertiary/aromatic N) is 1. The maximum absolute atomic E-state index is 12.3. The van der Waals surface area contributed by atoms with Gasteiger partial charge in [0.2, 0.25) is 5.91 Å². The van der Waals surface area contributed by atoms with E-state index in [2.05, 4.69) is 31.2 Å². The number of benzene rings is 1. The molecule has 2 rings (SSSR count). The summed E-state index contributed by atoms with van der Waals surface area (Å²) in [6.07, 6.45) is 0. The molecule has 0 radical (unpaired) electrons. The lowest BCUT2D eigenvalue weighted by atomic mass is 10.2. The highest BCUT2D eigenvalue weighted by molar-refractivity contribution is 8.00. The van der Waals surface area contributed by atoms with Crippen molar-refractivity contribution in [1.82, 2.24) is 4.90 Å². The van der Waals surface area contributed by atoms with Crippen molar-refractivity contribution < 1.29 is 4.79 Å². The van der Waals surface area contributed by atoms with Gasteiger partial charge in [-0.1, -0.05) is 17.7 Å². The summed E-state index contributed by atoms with van der Waals surface area (Å²) >= 11 is 3.59. The molecule has 1 fully saturated rings. The maximum atomic E-state index is 12.3. The normalized spacial score (nSPS) is 17.6. The summed E-state index contributed by atoms with van der Waals surface area (Å²) in [5.41, 5.74) is 1.26. The molecule has 2 nitrogen and oxygen atoms in total. The molecule has 0 aromatic heterocycles. The van der Waals surface area contributed by atoms with Crippen LogP contribution < -0.4 is 0 Å². The number of amides is 1. The van der Waals surface area contributed by atoms with Gasteiger partial charge in [-0.25, -0.2) is 0 Å². The largest absolute Gasteiger partial charge is 0.340 e. The number of carbonyl (C=O) groups is 1. The summed E-state index contributed by atoms with van der Waals surface area (Å²) in [7, 11) is 0. The van der Waals surface area contributed by atoms with E-state index in [1.54, 1.807) is 11.8 Å². The number of rotatable bonds is 3. The van der Waals surface area contributed by atoms with E-state index in [-0.39, 0.29) is 11.2 Å². The minimum atomic E-state index is 0.0100. The molecule has 4 heteroatoms. The smallest absolute Gasteiger partial charge is 0.235 e. The molecule has 0 aliphatic carbocycles. The number of hydrogen-bond donors (Lipinski definition) is 0. The summed E-state index contributed by atoms with van der Waals surface area (Å²) in [6.45, 7) is 5.90. The third-order valence-corrected chi connectivity index (χ3v) is 5.05. The van der Waals surface area contributed by atoms with Crippen molar-refractivity contribution in [3.8, 4) is 0 Å². The zero-order chi connectivity index (χ0) is 13.0. The van der Waals surface area contributed by atoms with E-state index in [1.165, 1.54) is 10.5 Å². The molecule has 1 amide bonds. The van der Waals surface area contributed by atoms with E-state index >= 15 is 0 Å². The molecule has 1 saturated heterocycles. The third kappa shape index (κ3) is 3.69. The van der Waals surface area contributed by atoms with Gasteiger partial charge in [-0.15, -0.1) is 11.8 Å². The Hall–Kier alpha value is -0.610. The van der Waals surface area contributed by atoms with Gasteiger partial charge in [0, 0.05) is 29.5 Å². The lowest BCUT2D eigenvalue weighted by molar-refractivity contribution is -0.129. The Morgan fingerprint density at radius 2 is 1.89 bits per heavy atom. The average molecular weight is 281 g/mol. The third-order valence-electron chi connectivity index (χ3n) is 3.00. The van der Waals surface area contributed by atoms with E-state index in [1.807, 2.05) is 23.6 Å². The molecule has 0 saturated carbocycles. The fraction of sp³-hybridized carbons (Fsp3) is 0.500. The van der Waals surface area contributed by atoms with Crippen molar-refractivity contribution in [2.24, 2.45) is 0 Å². The number of carbonyl (C=O) groups excluding carboxylic acids is 1. The first-order valence-electron chi connectivity index (χ1n) is 6.26. The van der Waals surface area contributed by atoms with Crippen molar-refractivity contribution in [3.63, 3.8) is 0 Å². The predicted octanol–water partition coefficient (Wildman–Crippen LogP) is 3.05. The monoisotopic (exact) mass is 281 g/mol. The first kappa shape index (κ1) is 13.8. The molecule has 1 aliphatic rings. The topological polar surface area (TPSA) is 20.3 Å². The van der Waals surface area contributed by atoms with Crippen LogP contribution in [0.3, 0.4) is 0 Å². The second-order valence-electron chi connectivity index (χ2n) is 4.51. The fourth-order valence-corrected chi connectivity index (χ4v) is 3.77. The summed E-state index contributed by atoms with van der Waals surface area (Å²) in [5.74, 6) is 2.43. The van der Waals surface area contributed by atoms with E-state index in [9.17, 15) is 4.79 Å². The molecule has 0 spiro atoms. The van der Waals surface area contributed by atoms with Crippen LogP contribution in [-0.4, -0.2) is 40.7 Å². The van der Waals surface area contributed by atoms with Gasteiger partial charge in [-0.2, -0.15) is 11.8 Å². The second-order valence-corrected chi connectivity index (χ2v) is 7.15. The highest BCUT2D eigenvalue weighted by Gasteiger charge is 2.22. The minimum absolute atomic E-state index is 0.0100. The molecular weight excluding hydrogens is 262 g/mol. The fourth-order valence-electron chi connectivity index (χ4n) is 1.91. The van der Waals surface area contributed by atoms with Crippen LogP contribution in [0.15, 0.2) is 29.2 Å². The zero-order valence-corrected chi connectivity index (χ0v) is 12.5. The van der Waals surface area contributed by atoms with Crippen LogP contribution >= 0.6 is 23.5 Å². The summed E-state index contributed by atoms with van der Waals surface area (Å²) in [5, 5.41) is 0.0100. The molecule has 0 bridgehead atoms. The minimum Gasteiger partial charge on any atom is -0.340 e. The van der Waals surface area contributed by atoms with Crippen LogP contribution in [0.2, 0.25) is 0 Å². The van der Waals surface area contributed by atoms with E-state index in [0.29, 0.717) is 0 Å². The van der Waals surface area contributed by atoms with Crippen LogP contribution in [0.1, 0.15) is 12.5 Å². The van der Waals surface area contributed by atoms with Crippen molar-refractivity contribution in [2.75, 3.05) is 24.6 Å². The van der Waals surface area contributed by atoms with Gasteiger partial charge < -0.3 is 4.90 Å². The zero-order valence-electron chi connectivity index (χ0n) is 10.9. The van der Waals surface area contributed by atoms with Gasteiger partial charge in [0.15, 0.2) is 0 Å². The van der Waals surface area contributed by atoms with Crippen LogP contribution in [0, 0.1) is 6.92 Å². The summed E-state index contributed by atoms with van der Waals surface area (Å²) in [6, 6.07) is 8.37. The molecule has 1 unspecified atom stereocenters. The Kier molecular flexibility index (Phi) is 5.01. The summed E-state index contributed by atoms with van der Waals surface area (Å²) < 4.78 is 0. The SMILES string of the molecule is Cc1ccc(SC(C)C(=O)N2CCSCC2)cc1. The molecule has 1 aromatic rings. The lowest BCUT2D eigenvalue weighted by Gasteiger charge is -2.28. The van der Waals surface area contributed by atoms with E-state index in [0.717, 1.165) is 24.6 Å². The van der Waals surface area contributed by atoms with Crippen LogP contribution in [0.4, 0.5) is 0 Å². The second kappa shape index (κ2) is 6.53. The Balaban J connectivity index is 1.92. The van der Waals surface area contributed by atoms with Gasteiger partial charge >= 0.3 is 0 Å². The van der Waals surface area contributed by atoms with Crippen LogP contribution in [0.5, 0.6) is 0 Å². The van der Waals surface area contributed by atoms with Crippen LogP contribution in [-0.2, 0) is 4.79 Å². The molecule has 18 heavy (non-hydrogen) atoms. The van der Waals surface area contributed by atoms with Crippen molar-refractivity contribution in [2.45, 2.75) is 24.0 Å². The van der Waals surface area contributed by atoms with E-state index in [4.69, 9.17) is 0 Å². The van der Waals surface area contributed by atoms with Crippen LogP contribution in [0.25, 0.3) is 0 Å². The first-order valence-corrected chi connectivity index (χ1v) is 8.30. The Morgan fingerprint density at radius 3 is 2.50 bits per heavy atom. The van der Waals surface area contributed by atoms with Crippen molar-refractivity contribution in [1.29, 1.82) is 0 Å². The molecule has 98 valence electrons. The number of aryl methyl sites for hydroxylation is 1. The van der Waals surface area contributed by atoms with E-state index < -0.39 is 0 Å². The number of thioether (sulfide) groups is 2. The molecule has 1 heterocycles. The van der Waals surface area contributed by atoms with Crippen molar-refractivity contribution in [3.05, 3.63) is 29.8 Å². The van der Waals surface area contributed by atoms with Gasteiger partial charge in [-0.05, 0) is 26.0 Å². The van der Waals surface area contributed by atoms with Gasteiger partial charge in [0.05, 0.1) is 5.25 Å². The summed E-state index contributed by atoms with van der Waals surface area (Å²) in [4.78, 5) is 15.4. The molecule has 1 aliphatic heterocycles. The lowest BCUT2D eigenvalue weighted by Crippen LogP contribution is -2.41. The van der Waals surface area contributed by atoms with Crippen molar-refractivity contribution >= 4 is 29.4 Å². The Morgan fingerprint density at radius 1 is 1.28 bits per heavy atom. The highest BCUT2D eigenvalue weighted by Crippen LogP contribution is 2.25. The maximum Gasteiger partial charge on any atom is 0.235 e. The van der Waals surface area contributed by atoms with Gasteiger partial charge in [0.1, 0.15) is 0 Å². The average Bonchev–Trinajstić information content (AvgIpc) is 2.41. The van der Waals surface area contributed by atoms with Gasteiger partial charge in [-0.3, -0.25) is 4.79 Å². The molecule has 1 atom stereocenters. The molecular formula is C14H19NOS2. The molecule has 0 N–H and O–H groups in total.